The largest absolute Gasteiger partial charge is 0.479 e. The summed E-state index contributed by atoms with van der Waals surface area (Å²) in [5.74, 6) is 0.780. The van der Waals surface area contributed by atoms with E-state index in [4.69, 9.17) is 15.0 Å². The van der Waals surface area contributed by atoms with Crippen LogP contribution in [0.4, 0.5) is 5.82 Å². The Bertz CT molecular complexity index is 881. The van der Waals surface area contributed by atoms with E-state index in [0.29, 0.717) is 17.1 Å². The molecule has 2 atom stereocenters. The van der Waals surface area contributed by atoms with Gasteiger partial charge in [0.15, 0.2) is 5.82 Å². The Morgan fingerprint density at radius 2 is 2.04 bits per heavy atom. The monoisotopic (exact) mass is 379 g/mol. The molecular formula is C22H25N3O3. The lowest BCUT2D eigenvalue weighted by atomic mass is 10.1. The minimum atomic E-state index is -0.937. The molecule has 6 nitrogen and oxygen atoms in total. The van der Waals surface area contributed by atoms with Crippen molar-refractivity contribution in [1.82, 2.24) is 5.16 Å². The molecular weight excluding hydrogens is 354 g/mol. The standard InChI is InChI=1S/C22H25N3O3/c1-5-6-8-11-15(2)20(23)17(4)27-21(18-12-9-7-10-13-18)22(26)24-19-14-16(3)28-25-19/h5-14,20-21H,1,4,23H2,2-3H3,(H,24,25,26)/b8-6-,15-11+. The first-order valence-corrected chi connectivity index (χ1v) is 8.78. The number of ether oxygens (including phenoxy) is 1. The zero-order valence-corrected chi connectivity index (χ0v) is 16.1. The predicted molar refractivity (Wildman–Crippen MR) is 110 cm³/mol. The number of nitrogens with one attached hydrogen (secondary N) is 1. The van der Waals surface area contributed by atoms with E-state index < -0.39 is 18.1 Å². The molecule has 6 heteroatoms. The maximum Gasteiger partial charge on any atom is 0.271 e. The molecule has 0 radical (unpaired) electrons. The summed E-state index contributed by atoms with van der Waals surface area (Å²) in [5.41, 5.74) is 7.72. The molecule has 2 unspecified atom stereocenters. The number of hydrogen-bond donors (Lipinski definition) is 2. The molecule has 2 aromatic rings. The average Bonchev–Trinajstić information content (AvgIpc) is 3.10. The van der Waals surface area contributed by atoms with Gasteiger partial charge < -0.3 is 20.3 Å². The summed E-state index contributed by atoms with van der Waals surface area (Å²) in [6, 6.07) is 10.2. The molecule has 0 saturated heterocycles. The van der Waals surface area contributed by atoms with Gasteiger partial charge in [0.25, 0.3) is 5.91 Å². The highest BCUT2D eigenvalue weighted by Crippen LogP contribution is 2.24. The zero-order valence-electron chi connectivity index (χ0n) is 16.1. The summed E-state index contributed by atoms with van der Waals surface area (Å²) in [7, 11) is 0. The third-order valence-corrected chi connectivity index (χ3v) is 3.93. The smallest absolute Gasteiger partial charge is 0.271 e. The van der Waals surface area contributed by atoms with Gasteiger partial charge in [-0.25, -0.2) is 0 Å². The molecule has 0 aliphatic rings. The molecule has 0 aliphatic carbocycles. The van der Waals surface area contributed by atoms with Crippen LogP contribution in [0.2, 0.25) is 0 Å². The fourth-order valence-corrected chi connectivity index (χ4v) is 2.39. The van der Waals surface area contributed by atoms with Crippen molar-refractivity contribution in [2.75, 3.05) is 5.32 Å². The molecule has 0 aliphatic heterocycles. The first-order valence-electron chi connectivity index (χ1n) is 8.78. The second kappa shape index (κ2) is 10.1. The Morgan fingerprint density at radius 1 is 1.32 bits per heavy atom. The van der Waals surface area contributed by atoms with E-state index in [1.807, 2.05) is 37.3 Å². The van der Waals surface area contributed by atoms with Crippen LogP contribution in [0.3, 0.4) is 0 Å². The van der Waals surface area contributed by atoms with Gasteiger partial charge in [-0.15, -0.1) is 0 Å². The van der Waals surface area contributed by atoms with Gasteiger partial charge in [-0.05, 0) is 19.4 Å². The number of aryl methyl sites for hydroxylation is 1. The Labute approximate surface area is 165 Å². The number of carbonyl (C=O) groups is 1. The maximum absolute atomic E-state index is 12.8. The summed E-state index contributed by atoms with van der Waals surface area (Å²) in [6.45, 7) is 11.1. The molecule has 1 aromatic heterocycles. The van der Waals surface area contributed by atoms with Crippen molar-refractivity contribution < 1.29 is 14.1 Å². The van der Waals surface area contributed by atoms with E-state index in [-0.39, 0.29) is 5.76 Å². The van der Waals surface area contributed by atoms with Crippen molar-refractivity contribution in [3.63, 3.8) is 0 Å². The van der Waals surface area contributed by atoms with Gasteiger partial charge in [-0.1, -0.05) is 73.0 Å². The second-order valence-corrected chi connectivity index (χ2v) is 6.20. The van der Waals surface area contributed by atoms with Gasteiger partial charge in [-0.2, -0.15) is 0 Å². The number of anilines is 1. The van der Waals surface area contributed by atoms with Crippen molar-refractivity contribution >= 4 is 11.7 Å². The predicted octanol–water partition coefficient (Wildman–Crippen LogP) is 4.21. The first-order chi connectivity index (χ1) is 13.4. The topological polar surface area (TPSA) is 90.4 Å². The van der Waals surface area contributed by atoms with Crippen LogP contribution >= 0.6 is 0 Å². The highest BCUT2D eigenvalue weighted by Gasteiger charge is 2.26. The number of nitrogens with zero attached hydrogens (tertiary/aromatic N) is 1. The summed E-state index contributed by atoms with van der Waals surface area (Å²) >= 11 is 0. The van der Waals surface area contributed by atoms with E-state index in [2.05, 4.69) is 23.6 Å². The van der Waals surface area contributed by atoms with Gasteiger partial charge in [0.1, 0.15) is 11.5 Å². The Morgan fingerprint density at radius 3 is 2.64 bits per heavy atom. The molecule has 0 spiro atoms. The van der Waals surface area contributed by atoms with E-state index in [0.717, 1.165) is 5.57 Å². The van der Waals surface area contributed by atoms with E-state index in [1.54, 1.807) is 37.3 Å². The summed E-state index contributed by atoms with van der Waals surface area (Å²) in [5, 5.41) is 6.47. The van der Waals surface area contributed by atoms with Crippen molar-refractivity contribution in [3.8, 4) is 0 Å². The summed E-state index contributed by atoms with van der Waals surface area (Å²) in [4.78, 5) is 12.8. The maximum atomic E-state index is 12.8. The minimum absolute atomic E-state index is 0.279. The Kier molecular flexibility index (Phi) is 7.54. The third-order valence-electron chi connectivity index (χ3n) is 3.93. The lowest BCUT2D eigenvalue weighted by molar-refractivity contribution is -0.125. The SMILES string of the molecule is C=C/C=C\C=C(/C)C(N)C(=C)OC(C(=O)Nc1cc(C)on1)c1ccccc1. The van der Waals surface area contributed by atoms with Crippen LogP contribution in [0.15, 0.2) is 89.7 Å². The van der Waals surface area contributed by atoms with E-state index in [1.165, 1.54) is 0 Å². The highest BCUT2D eigenvalue weighted by molar-refractivity contribution is 5.94. The molecule has 0 bridgehead atoms. The van der Waals surface area contributed by atoms with Crippen LogP contribution in [0.5, 0.6) is 0 Å². The van der Waals surface area contributed by atoms with Crippen LogP contribution < -0.4 is 11.1 Å². The number of rotatable bonds is 9. The summed E-state index contributed by atoms with van der Waals surface area (Å²) < 4.78 is 10.9. The zero-order chi connectivity index (χ0) is 20.5. The van der Waals surface area contributed by atoms with Gasteiger partial charge in [0.2, 0.25) is 6.10 Å². The van der Waals surface area contributed by atoms with Crippen LogP contribution in [-0.2, 0) is 9.53 Å². The quantitative estimate of drug-likeness (QED) is 0.503. The Balaban J connectivity index is 2.18. The number of hydrogen-bond acceptors (Lipinski definition) is 5. The molecule has 28 heavy (non-hydrogen) atoms. The lowest BCUT2D eigenvalue weighted by Crippen LogP contribution is -2.30. The molecule has 0 fully saturated rings. The normalized spacial score (nSPS) is 13.8. The van der Waals surface area contributed by atoms with Crippen LogP contribution in [0, 0.1) is 6.92 Å². The molecule has 2 rings (SSSR count). The number of allylic oxidation sites excluding steroid dienone is 4. The molecule has 0 saturated carbocycles. The number of carbonyl (C=O) groups excluding carboxylic acids is 1. The van der Waals surface area contributed by atoms with Gasteiger partial charge in [-0.3, -0.25) is 4.79 Å². The third kappa shape index (κ3) is 5.82. The van der Waals surface area contributed by atoms with E-state index in [9.17, 15) is 4.79 Å². The lowest BCUT2D eigenvalue weighted by Gasteiger charge is -2.23. The van der Waals surface area contributed by atoms with Crippen molar-refractivity contribution in [3.05, 3.63) is 96.5 Å². The van der Waals surface area contributed by atoms with Crippen LogP contribution in [-0.4, -0.2) is 17.1 Å². The Hall–Kier alpha value is -3.38. The molecule has 1 heterocycles. The summed E-state index contributed by atoms with van der Waals surface area (Å²) in [6.07, 6.45) is 6.19. The van der Waals surface area contributed by atoms with Crippen molar-refractivity contribution in [2.45, 2.75) is 26.0 Å². The van der Waals surface area contributed by atoms with Crippen molar-refractivity contribution in [2.24, 2.45) is 5.73 Å². The van der Waals surface area contributed by atoms with Gasteiger partial charge >= 0.3 is 0 Å². The minimum Gasteiger partial charge on any atom is -0.479 e. The van der Waals surface area contributed by atoms with Crippen LogP contribution in [0.25, 0.3) is 0 Å². The average molecular weight is 379 g/mol. The first kappa shape index (κ1) is 20.9. The fourth-order valence-electron chi connectivity index (χ4n) is 2.39. The highest BCUT2D eigenvalue weighted by atomic mass is 16.5. The number of aromatic nitrogens is 1. The molecule has 1 amide bonds. The van der Waals surface area contributed by atoms with Gasteiger partial charge in [0, 0.05) is 11.6 Å². The van der Waals surface area contributed by atoms with E-state index >= 15 is 0 Å². The number of amides is 1. The molecule has 3 N–H and O–H groups in total. The van der Waals surface area contributed by atoms with Gasteiger partial charge in [0.05, 0.1) is 6.04 Å². The molecule has 146 valence electrons. The van der Waals surface area contributed by atoms with Crippen LogP contribution in [0.1, 0.15) is 24.4 Å². The fraction of sp³-hybridized carbons (Fsp3) is 0.182. The second-order valence-electron chi connectivity index (χ2n) is 6.20. The number of nitrogens with two attached hydrogens (primary N) is 1. The van der Waals surface area contributed by atoms with Crippen molar-refractivity contribution in [1.29, 1.82) is 0 Å². The number of benzene rings is 1. The molecule has 1 aromatic carbocycles.